The smallest absolute Gasteiger partial charge is 0.0272 e. The third-order valence-corrected chi connectivity index (χ3v) is 1.26. The lowest BCUT2D eigenvalue weighted by atomic mass is 9.92. The molecule has 0 unspecified atom stereocenters. The predicted molar refractivity (Wildman–Crippen MR) is 32.2 cm³/mol. The average molecular weight is 102 g/mol. The minimum absolute atomic E-state index is 0.340. The van der Waals surface area contributed by atoms with Crippen LogP contribution in [0.5, 0.6) is 0 Å². The summed E-state index contributed by atoms with van der Waals surface area (Å²) in [5, 5.41) is 0. The first-order valence-electron chi connectivity index (χ1n) is 4.71. The van der Waals surface area contributed by atoms with E-state index in [2.05, 4.69) is 0 Å². The molecule has 0 heterocycles. The van der Waals surface area contributed by atoms with Crippen molar-refractivity contribution in [3.63, 3.8) is 0 Å². The maximum atomic E-state index is 7.57. The Morgan fingerprint density at radius 1 is 1.29 bits per heavy atom. The molecule has 0 aromatic rings. The Hall–Kier alpha value is 0. The van der Waals surface area contributed by atoms with Gasteiger partial charge in [0.15, 0.2) is 0 Å². The molecule has 0 spiro atoms. The summed E-state index contributed by atoms with van der Waals surface area (Å²) in [6.07, 6.45) is -2.02. The summed E-state index contributed by atoms with van der Waals surface area (Å²) < 4.78 is 30.3. The van der Waals surface area contributed by atoms with Crippen LogP contribution in [0.3, 0.4) is 0 Å². The summed E-state index contributed by atoms with van der Waals surface area (Å²) in [6.45, 7) is 3.33. The molecule has 1 rings (SSSR count). The topological polar surface area (TPSA) is 0 Å². The van der Waals surface area contributed by atoms with E-state index >= 15 is 0 Å². The third-order valence-electron chi connectivity index (χ3n) is 1.26. The maximum absolute atomic E-state index is 7.57. The lowest BCUT2D eigenvalue weighted by Crippen LogP contribution is -2.01. The Labute approximate surface area is 51.5 Å². The van der Waals surface area contributed by atoms with E-state index in [9.17, 15) is 0 Å². The fraction of sp³-hybridized carbons (Fsp3) is 1.00. The molecule has 0 radical (unpaired) electrons. The predicted octanol–water partition coefficient (Wildman–Crippen LogP) is 2.59. The van der Waals surface area contributed by atoms with E-state index in [0.717, 1.165) is 0 Å². The van der Waals surface area contributed by atoms with Crippen LogP contribution in [-0.4, -0.2) is 0 Å². The fourth-order valence-corrected chi connectivity index (χ4v) is 0.812. The van der Waals surface area contributed by atoms with Crippen molar-refractivity contribution in [3.05, 3.63) is 0 Å². The molecule has 0 bridgehead atoms. The van der Waals surface area contributed by atoms with Gasteiger partial charge in [-0.3, -0.25) is 0 Å². The van der Waals surface area contributed by atoms with Crippen molar-refractivity contribution < 1.29 is 5.48 Å². The second-order valence-corrected chi connectivity index (χ2v) is 2.48. The summed E-state index contributed by atoms with van der Waals surface area (Å²) in [4.78, 5) is 0. The first-order chi connectivity index (χ1) is 4.71. The van der Waals surface area contributed by atoms with E-state index in [1.165, 1.54) is 0 Å². The summed E-state index contributed by atoms with van der Waals surface area (Å²) in [5.74, 6) is 0. The van der Waals surface area contributed by atoms with Gasteiger partial charge in [-0.15, -0.1) is 0 Å². The fourth-order valence-electron chi connectivity index (χ4n) is 0.812. The molecule has 42 valence electrons. The Morgan fingerprint density at radius 3 is 1.86 bits per heavy atom. The molecule has 0 aromatic carbocycles. The van der Waals surface area contributed by atoms with Gasteiger partial charge >= 0.3 is 0 Å². The number of rotatable bonds is 0. The molecule has 0 heteroatoms. The van der Waals surface area contributed by atoms with Crippen LogP contribution in [0.25, 0.3) is 0 Å². The molecule has 7 heavy (non-hydrogen) atoms. The zero-order valence-corrected chi connectivity index (χ0v) is 4.91. The van der Waals surface area contributed by atoms with Crippen LogP contribution in [0.15, 0.2) is 0 Å². The first kappa shape index (κ1) is 2.08. The van der Waals surface area contributed by atoms with E-state index in [-0.39, 0.29) is 0 Å². The highest BCUT2D eigenvalue weighted by molar-refractivity contribution is 4.74. The Morgan fingerprint density at radius 2 is 1.71 bits per heavy atom. The van der Waals surface area contributed by atoms with Gasteiger partial charge in [0.05, 0.1) is 0 Å². The van der Waals surface area contributed by atoms with E-state index < -0.39 is 18.2 Å². The Bertz CT molecular complexity index is 153. The molecule has 0 saturated heterocycles. The zero-order chi connectivity index (χ0) is 8.91. The van der Waals surface area contributed by atoms with Gasteiger partial charge in [0.1, 0.15) is 0 Å². The molecule has 0 N–H and O–H groups in total. The van der Waals surface area contributed by atoms with Crippen LogP contribution in [0.4, 0.5) is 0 Å². The van der Waals surface area contributed by atoms with Gasteiger partial charge in [-0.1, -0.05) is 26.7 Å². The van der Waals surface area contributed by atoms with Crippen molar-refractivity contribution in [2.75, 3.05) is 0 Å². The summed E-state index contributed by atoms with van der Waals surface area (Å²) >= 11 is 0. The Kier molecular flexibility index (Phi) is 0.446. The second-order valence-electron chi connectivity index (χ2n) is 2.48. The minimum Gasteiger partial charge on any atom is -0.0599 e. The highest BCUT2D eigenvalue weighted by atomic mass is 14.3. The van der Waals surface area contributed by atoms with Crippen molar-refractivity contribution in [1.29, 1.82) is 0 Å². The van der Waals surface area contributed by atoms with Crippen molar-refractivity contribution in [3.8, 4) is 0 Å². The highest BCUT2D eigenvalue weighted by Gasteiger charge is 2.21. The van der Waals surface area contributed by atoms with Crippen LogP contribution < -0.4 is 0 Å². The van der Waals surface area contributed by atoms with Gasteiger partial charge in [-0.05, 0) is 18.2 Å². The molecular weight excluding hydrogens is 84.1 g/mol. The van der Waals surface area contributed by atoms with E-state index in [1.54, 1.807) is 13.8 Å². The van der Waals surface area contributed by atoms with Gasteiger partial charge in [-0.2, -0.15) is 0 Å². The molecule has 0 aromatic heterocycles. The second kappa shape index (κ2) is 1.50. The largest absolute Gasteiger partial charge is 0.0599 e. The average Bonchev–Trinajstić information content (AvgIpc) is 1.93. The SMILES string of the molecule is [2H]C1([2H])CCC([2H])([2H])C1(C)C. The van der Waals surface area contributed by atoms with Crippen LogP contribution in [0.2, 0.25) is 0 Å². The molecule has 0 amide bonds. The lowest BCUT2D eigenvalue weighted by molar-refractivity contribution is 0.382. The summed E-state index contributed by atoms with van der Waals surface area (Å²) in [6, 6.07) is 0. The van der Waals surface area contributed by atoms with Crippen LogP contribution in [0, 0.1) is 5.41 Å². The molecule has 1 saturated carbocycles. The molecule has 1 aliphatic carbocycles. The molecule has 0 aliphatic heterocycles. The van der Waals surface area contributed by atoms with Gasteiger partial charge in [-0.25, -0.2) is 0 Å². The van der Waals surface area contributed by atoms with Crippen LogP contribution in [0.1, 0.15) is 44.9 Å². The zero-order valence-electron chi connectivity index (χ0n) is 8.91. The first-order valence-corrected chi connectivity index (χ1v) is 2.71. The molecular formula is C7H14. The van der Waals surface area contributed by atoms with Crippen molar-refractivity contribution >= 4 is 0 Å². The lowest BCUT2D eigenvalue weighted by Gasteiger charge is -2.13. The minimum atomic E-state index is -1.35. The number of hydrogen-bond donors (Lipinski definition) is 0. The molecule has 0 atom stereocenters. The quantitative estimate of drug-likeness (QED) is 0.441. The van der Waals surface area contributed by atoms with Gasteiger partial charge in [0.25, 0.3) is 0 Å². The maximum Gasteiger partial charge on any atom is 0.0272 e. The Balaban J connectivity index is 3.00. The van der Waals surface area contributed by atoms with Gasteiger partial charge < -0.3 is 0 Å². The van der Waals surface area contributed by atoms with Crippen molar-refractivity contribution in [1.82, 2.24) is 0 Å². The standard InChI is InChI=1S/C7H14/c1-7(2)5-3-4-6-7/h3-6H2,1-2H3/i5D2,6D2. The molecule has 1 aliphatic rings. The van der Waals surface area contributed by atoms with Gasteiger partial charge in [0, 0.05) is 5.48 Å². The molecule has 1 fully saturated rings. The van der Waals surface area contributed by atoms with Gasteiger partial charge in [0.2, 0.25) is 0 Å². The molecule has 0 nitrogen and oxygen atoms in total. The summed E-state index contributed by atoms with van der Waals surface area (Å²) in [5.41, 5.74) is -0.847. The summed E-state index contributed by atoms with van der Waals surface area (Å²) in [7, 11) is 0. The van der Waals surface area contributed by atoms with Crippen LogP contribution >= 0.6 is 0 Å². The van der Waals surface area contributed by atoms with E-state index in [0.29, 0.717) is 12.8 Å². The van der Waals surface area contributed by atoms with Crippen molar-refractivity contribution in [2.24, 2.45) is 5.41 Å². The van der Waals surface area contributed by atoms with Crippen LogP contribution in [-0.2, 0) is 0 Å². The highest BCUT2D eigenvalue weighted by Crippen LogP contribution is 2.36. The third kappa shape index (κ3) is 1.19. The monoisotopic (exact) mass is 102 g/mol. The van der Waals surface area contributed by atoms with Crippen molar-refractivity contribution in [2.45, 2.75) is 39.4 Å². The number of hydrogen-bond acceptors (Lipinski definition) is 0. The van der Waals surface area contributed by atoms with E-state index in [4.69, 9.17) is 5.48 Å². The normalized spacial score (nSPS) is 51.1. The van der Waals surface area contributed by atoms with E-state index in [1.807, 2.05) is 0 Å².